The Hall–Kier alpha value is -0.990. The molecule has 0 N–H and O–H groups in total. The molecule has 0 aromatic carbocycles. The molecule has 1 aliphatic rings. The molecule has 5 nitrogen and oxygen atoms in total. The molecule has 0 unspecified atom stereocenters. The van der Waals surface area contributed by atoms with Gasteiger partial charge in [-0.3, -0.25) is 9.78 Å². The van der Waals surface area contributed by atoms with Gasteiger partial charge in [0.15, 0.2) is 0 Å². The van der Waals surface area contributed by atoms with Gasteiger partial charge in [-0.2, -0.15) is 0 Å². The molecule has 3 heterocycles. The van der Waals surface area contributed by atoms with E-state index in [2.05, 4.69) is 46.7 Å². The van der Waals surface area contributed by atoms with Crippen molar-refractivity contribution in [3.63, 3.8) is 0 Å². The zero-order chi connectivity index (χ0) is 14.8. The van der Waals surface area contributed by atoms with E-state index in [9.17, 15) is 4.79 Å². The van der Waals surface area contributed by atoms with Crippen LogP contribution in [0.25, 0.3) is 0 Å². The third kappa shape index (κ3) is 3.27. The molecule has 0 atom stereocenters. The molecule has 2 aromatic rings. The van der Waals surface area contributed by atoms with Gasteiger partial charge in [0, 0.05) is 43.0 Å². The summed E-state index contributed by atoms with van der Waals surface area (Å²) in [5.74, 6) is 0.955. The topological polar surface area (TPSA) is 49.3 Å². The van der Waals surface area contributed by atoms with Gasteiger partial charge in [-0.1, -0.05) is 0 Å². The molecule has 2 aromatic heterocycles. The lowest BCUT2D eigenvalue weighted by atomic mass is 10.3. The molecule has 1 amide bonds. The van der Waals surface area contributed by atoms with Crippen LogP contribution in [-0.2, 0) is 0 Å². The molecule has 110 valence electrons. The van der Waals surface area contributed by atoms with Crippen molar-refractivity contribution in [2.75, 3.05) is 31.1 Å². The third-order valence-electron chi connectivity index (χ3n) is 3.30. The number of aromatic nitrogens is 2. The summed E-state index contributed by atoms with van der Waals surface area (Å²) in [6, 6.07) is 1.87. The second-order valence-corrected chi connectivity index (χ2v) is 7.80. The third-order valence-corrected chi connectivity index (χ3v) is 6.54. The van der Waals surface area contributed by atoms with Crippen molar-refractivity contribution in [2.45, 2.75) is 0 Å². The van der Waals surface area contributed by atoms with Crippen molar-refractivity contribution in [3.8, 4) is 0 Å². The maximum Gasteiger partial charge on any atom is 0.264 e. The van der Waals surface area contributed by atoms with Crippen LogP contribution < -0.4 is 4.90 Å². The highest BCUT2D eigenvalue weighted by Gasteiger charge is 2.24. The molecule has 0 bridgehead atoms. The molecule has 1 saturated heterocycles. The number of rotatable bonds is 2. The largest absolute Gasteiger partial charge is 0.352 e. The standard InChI is InChI=1S/C13H12Br2N4OS/c14-9-7-10(21-12(9)15)13(20)19-5-3-18(4-6-19)11-8-16-1-2-17-11/h1-2,7-8H,3-6H2. The first-order chi connectivity index (χ1) is 10.1. The fourth-order valence-corrected chi connectivity index (χ4v) is 4.20. The summed E-state index contributed by atoms with van der Waals surface area (Å²) < 4.78 is 1.87. The second kappa shape index (κ2) is 6.41. The van der Waals surface area contributed by atoms with Crippen LogP contribution >= 0.6 is 43.2 Å². The van der Waals surface area contributed by atoms with Crippen molar-refractivity contribution in [1.82, 2.24) is 14.9 Å². The predicted molar refractivity (Wildman–Crippen MR) is 89.9 cm³/mol. The lowest BCUT2D eigenvalue weighted by molar-refractivity contribution is 0.0751. The van der Waals surface area contributed by atoms with Gasteiger partial charge in [0.1, 0.15) is 5.82 Å². The molecule has 0 aliphatic carbocycles. The van der Waals surface area contributed by atoms with E-state index in [1.807, 2.05) is 11.0 Å². The first kappa shape index (κ1) is 14.9. The van der Waals surface area contributed by atoms with Crippen LogP contribution in [0.4, 0.5) is 5.82 Å². The summed E-state index contributed by atoms with van der Waals surface area (Å²) in [6.07, 6.45) is 5.11. The molecule has 1 aliphatic heterocycles. The van der Waals surface area contributed by atoms with Gasteiger partial charge >= 0.3 is 0 Å². The Bertz CT molecular complexity index is 621. The van der Waals surface area contributed by atoms with Crippen molar-refractivity contribution in [1.29, 1.82) is 0 Å². The van der Waals surface area contributed by atoms with Crippen molar-refractivity contribution >= 4 is 54.9 Å². The highest BCUT2D eigenvalue weighted by Crippen LogP contribution is 2.33. The number of carbonyl (C=O) groups excluding carboxylic acids is 1. The highest BCUT2D eigenvalue weighted by molar-refractivity contribution is 9.13. The predicted octanol–water partition coefficient (Wildman–Crippen LogP) is 3.03. The number of nitrogens with zero attached hydrogens (tertiary/aromatic N) is 4. The fraction of sp³-hybridized carbons (Fsp3) is 0.308. The molecule has 8 heteroatoms. The molecular formula is C13H12Br2N4OS. The molecule has 1 fully saturated rings. The Morgan fingerprint density at radius 3 is 2.52 bits per heavy atom. The average Bonchev–Trinajstić information content (AvgIpc) is 2.87. The minimum atomic E-state index is 0.0881. The van der Waals surface area contributed by atoms with Crippen LogP contribution in [0.15, 0.2) is 32.9 Å². The number of amides is 1. The summed E-state index contributed by atoms with van der Waals surface area (Å²) in [7, 11) is 0. The van der Waals surface area contributed by atoms with Gasteiger partial charge in [-0.05, 0) is 37.9 Å². The lowest BCUT2D eigenvalue weighted by Crippen LogP contribution is -2.48. The van der Waals surface area contributed by atoms with Gasteiger partial charge in [-0.25, -0.2) is 4.98 Å². The first-order valence-electron chi connectivity index (χ1n) is 6.40. The van der Waals surface area contributed by atoms with E-state index >= 15 is 0 Å². The maximum atomic E-state index is 12.5. The Kier molecular flexibility index (Phi) is 4.56. The summed E-state index contributed by atoms with van der Waals surface area (Å²) >= 11 is 8.30. The van der Waals surface area contributed by atoms with Gasteiger partial charge in [0.25, 0.3) is 5.91 Å². The molecule has 3 rings (SSSR count). The number of halogens is 2. The van der Waals surface area contributed by atoms with Crippen LogP contribution in [0, 0.1) is 0 Å². The zero-order valence-electron chi connectivity index (χ0n) is 11.0. The van der Waals surface area contributed by atoms with Crippen molar-refractivity contribution in [3.05, 3.63) is 37.8 Å². The maximum absolute atomic E-state index is 12.5. The monoisotopic (exact) mass is 430 g/mol. The van der Waals surface area contributed by atoms with Gasteiger partial charge in [0.2, 0.25) is 0 Å². The molecule has 21 heavy (non-hydrogen) atoms. The fourth-order valence-electron chi connectivity index (χ4n) is 2.20. The quantitative estimate of drug-likeness (QED) is 0.733. The van der Waals surface area contributed by atoms with E-state index in [4.69, 9.17) is 0 Å². The minimum absolute atomic E-state index is 0.0881. The van der Waals surface area contributed by atoms with Crippen molar-refractivity contribution < 1.29 is 4.79 Å². The Balaban J connectivity index is 1.64. The summed E-state index contributed by atoms with van der Waals surface area (Å²) in [4.78, 5) is 25.6. The Labute approximate surface area is 143 Å². The van der Waals surface area contributed by atoms with E-state index in [1.54, 1.807) is 18.6 Å². The van der Waals surface area contributed by atoms with Crippen LogP contribution in [0.1, 0.15) is 9.67 Å². The zero-order valence-corrected chi connectivity index (χ0v) is 15.0. The summed E-state index contributed by atoms with van der Waals surface area (Å²) in [5, 5.41) is 0. The highest BCUT2D eigenvalue weighted by atomic mass is 79.9. The van der Waals surface area contributed by atoms with E-state index in [1.165, 1.54) is 11.3 Å². The van der Waals surface area contributed by atoms with Crippen LogP contribution in [0.2, 0.25) is 0 Å². The van der Waals surface area contributed by atoms with E-state index in [-0.39, 0.29) is 5.91 Å². The first-order valence-corrected chi connectivity index (χ1v) is 8.80. The minimum Gasteiger partial charge on any atom is -0.352 e. The number of thiophene rings is 1. The van der Waals surface area contributed by atoms with Gasteiger partial charge < -0.3 is 9.80 Å². The lowest BCUT2D eigenvalue weighted by Gasteiger charge is -2.35. The van der Waals surface area contributed by atoms with E-state index in [0.717, 1.165) is 32.0 Å². The van der Waals surface area contributed by atoms with E-state index in [0.29, 0.717) is 13.1 Å². The normalized spacial score (nSPS) is 15.3. The number of hydrogen-bond acceptors (Lipinski definition) is 5. The summed E-state index contributed by atoms with van der Waals surface area (Å²) in [6.45, 7) is 2.95. The van der Waals surface area contributed by atoms with Crippen LogP contribution in [0.3, 0.4) is 0 Å². The van der Waals surface area contributed by atoms with Crippen LogP contribution in [-0.4, -0.2) is 47.0 Å². The number of hydrogen-bond donors (Lipinski definition) is 0. The Morgan fingerprint density at radius 2 is 1.95 bits per heavy atom. The van der Waals surface area contributed by atoms with Crippen molar-refractivity contribution in [2.24, 2.45) is 0 Å². The second-order valence-electron chi connectivity index (χ2n) is 4.58. The number of piperazine rings is 1. The summed E-state index contributed by atoms with van der Waals surface area (Å²) in [5.41, 5.74) is 0. The number of carbonyl (C=O) groups is 1. The Morgan fingerprint density at radius 1 is 1.19 bits per heavy atom. The molecule has 0 saturated carbocycles. The van der Waals surface area contributed by atoms with Crippen LogP contribution in [0.5, 0.6) is 0 Å². The van der Waals surface area contributed by atoms with E-state index < -0.39 is 0 Å². The molecule has 0 spiro atoms. The smallest absolute Gasteiger partial charge is 0.264 e. The molecule has 0 radical (unpaired) electrons. The van der Waals surface area contributed by atoms with Gasteiger partial charge in [0.05, 0.1) is 14.9 Å². The SMILES string of the molecule is O=C(c1cc(Br)c(Br)s1)N1CCN(c2cnccn2)CC1. The number of anilines is 1. The average molecular weight is 432 g/mol. The van der Waals surface area contributed by atoms with Gasteiger partial charge in [-0.15, -0.1) is 11.3 Å². The molecular weight excluding hydrogens is 420 g/mol.